The van der Waals surface area contributed by atoms with Crippen molar-refractivity contribution >= 4 is 5.78 Å². The number of Topliss-reactive ketones (excluding diaryl/α,β-unsaturated/α-hetero) is 1. The average molecular weight is 209 g/mol. The molecule has 82 valence electrons. The van der Waals surface area contributed by atoms with Crippen molar-refractivity contribution in [2.24, 2.45) is 11.7 Å². The Balaban J connectivity index is 2.76. The summed E-state index contributed by atoms with van der Waals surface area (Å²) in [5, 5.41) is 0. The summed E-state index contributed by atoms with van der Waals surface area (Å²) in [6.07, 6.45) is -1.91. The van der Waals surface area contributed by atoms with Gasteiger partial charge in [0.1, 0.15) is 0 Å². The van der Waals surface area contributed by atoms with Crippen LogP contribution in [-0.2, 0) is 4.79 Å². The maximum absolute atomic E-state index is 12.4. The molecular weight excluding hydrogens is 195 g/mol. The van der Waals surface area contributed by atoms with E-state index in [-0.39, 0.29) is 0 Å². The fraction of sp³-hybridized carbons (Fsp3) is 0.889. The van der Waals surface area contributed by atoms with Crippen LogP contribution < -0.4 is 5.73 Å². The average Bonchev–Trinajstić information content (AvgIpc) is 2.52. The zero-order valence-electron chi connectivity index (χ0n) is 8.03. The first-order chi connectivity index (χ1) is 6.27. The van der Waals surface area contributed by atoms with E-state index in [1.807, 2.05) is 0 Å². The Morgan fingerprint density at radius 1 is 1.29 bits per heavy atom. The summed E-state index contributed by atoms with van der Waals surface area (Å²) in [7, 11) is 0. The number of hydrogen-bond donors (Lipinski definition) is 1. The first-order valence-electron chi connectivity index (χ1n) is 4.66. The first-order valence-corrected chi connectivity index (χ1v) is 4.66. The molecule has 0 aromatic rings. The molecule has 14 heavy (non-hydrogen) atoms. The van der Waals surface area contributed by atoms with Crippen LogP contribution in [0.25, 0.3) is 0 Å². The summed E-state index contributed by atoms with van der Waals surface area (Å²) in [6, 6.07) is 0. The van der Waals surface area contributed by atoms with Crippen molar-refractivity contribution in [1.29, 1.82) is 0 Å². The molecule has 0 aliphatic heterocycles. The van der Waals surface area contributed by atoms with Crippen molar-refractivity contribution in [3.8, 4) is 0 Å². The smallest absolute Gasteiger partial charge is 0.312 e. The first kappa shape index (κ1) is 11.5. The summed E-state index contributed by atoms with van der Waals surface area (Å²) >= 11 is 0. The Labute approximate surface area is 80.7 Å². The molecule has 1 fully saturated rings. The summed E-state index contributed by atoms with van der Waals surface area (Å²) in [5.41, 5.74) is 2.36. The fourth-order valence-electron chi connectivity index (χ4n) is 1.75. The number of hydrogen-bond acceptors (Lipinski definition) is 2. The van der Waals surface area contributed by atoms with Crippen LogP contribution in [0.5, 0.6) is 0 Å². The highest BCUT2D eigenvalue weighted by molar-refractivity contribution is 5.90. The van der Waals surface area contributed by atoms with Gasteiger partial charge in [-0.25, -0.2) is 0 Å². The minimum absolute atomic E-state index is 0.494. The summed E-state index contributed by atoms with van der Waals surface area (Å²) < 4.78 is 37.2. The quantitative estimate of drug-likeness (QED) is 0.756. The highest BCUT2D eigenvalue weighted by Crippen LogP contribution is 2.35. The van der Waals surface area contributed by atoms with Gasteiger partial charge in [-0.3, -0.25) is 4.79 Å². The van der Waals surface area contributed by atoms with Gasteiger partial charge in [0.2, 0.25) is 0 Å². The lowest BCUT2D eigenvalue weighted by Gasteiger charge is -2.28. The topological polar surface area (TPSA) is 43.1 Å². The van der Waals surface area contributed by atoms with E-state index in [1.165, 1.54) is 0 Å². The molecule has 1 aliphatic rings. The van der Waals surface area contributed by atoms with E-state index in [1.54, 1.807) is 0 Å². The third-order valence-corrected chi connectivity index (χ3v) is 2.83. The molecule has 0 spiro atoms. The molecule has 0 aromatic heterocycles. The van der Waals surface area contributed by atoms with Crippen LogP contribution in [0.3, 0.4) is 0 Å². The largest absolute Gasteiger partial charge is 0.413 e. The third kappa shape index (κ3) is 1.92. The molecule has 1 atom stereocenters. The van der Waals surface area contributed by atoms with Crippen LogP contribution in [0, 0.1) is 5.92 Å². The van der Waals surface area contributed by atoms with Gasteiger partial charge in [-0.15, -0.1) is 0 Å². The molecule has 2 N–H and O–H groups in total. The fourth-order valence-corrected chi connectivity index (χ4v) is 1.75. The number of carbonyl (C=O) groups is 1. The number of carbonyl (C=O) groups excluding carboxylic acids is 1. The van der Waals surface area contributed by atoms with Gasteiger partial charge < -0.3 is 5.73 Å². The number of rotatable bonds is 2. The van der Waals surface area contributed by atoms with Crippen LogP contribution in [0.15, 0.2) is 0 Å². The van der Waals surface area contributed by atoms with Gasteiger partial charge in [0.25, 0.3) is 0 Å². The van der Waals surface area contributed by atoms with Crippen molar-refractivity contribution in [1.82, 2.24) is 0 Å². The zero-order valence-corrected chi connectivity index (χ0v) is 8.03. The lowest BCUT2D eigenvalue weighted by Crippen LogP contribution is -2.58. The van der Waals surface area contributed by atoms with Gasteiger partial charge in [-0.1, -0.05) is 12.8 Å². The van der Waals surface area contributed by atoms with Crippen LogP contribution >= 0.6 is 0 Å². The van der Waals surface area contributed by atoms with Gasteiger partial charge in [0, 0.05) is 5.92 Å². The number of halogens is 3. The summed E-state index contributed by atoms with van der Waals surface area (Å²) in [6.45, 7) is 0.758. The predicted octanol–water partition coefficient (Wildman–Crippen LogP) is 2.03. The Bertz CT molecular complexity index is 229. The van der Waals surface area contributed by atoms with Crippen molar-refractivity contribution in [3.05, 3.63) is 0 Å². The van der Waals surface area contributed by atoms with Gasteiger partial charge in [0.15, 0.2) is 11.3 Å². The van der Waals surface area contributed by atoms with E-state index >= 15 is 0 Å². The van der Waals surface area contributed by atoms with E-state index in [4.69, 9.17) is 5.73 Å². The molecule has 0 saturated heterocycles. The van der Waals surface area contributed by atoms with E-state index in [0.717, 1.165) is 19.8 Å². The van der Waals surface area contributed by atoms with Crippen LogP contribution in [0.2, 0.25) is 0 Å². The number of nitrogens with two attached hydrogens (primary N) is 1. The monoisotopic (exact) mass is 209 g/mol. The summed E-state index contributed by atoms with van der Waals surface area (Å²) in [4.78, 5) is 11.5. The van der Waals surface area contributed by atoms with E-state index in [2.05, 4.69) is 0 Å². The Hall–Kier alpha value is -0.580. The molecule has 0 heterocycles. The van der Waals surface area contributed by atoms with Gasteiger partial charge in [-0.05, 0) is 19.8 Å². The minimum atomic E-state index is -4.65. The second kappa shape index (κ2) is 3.53. The standard InChI is InChI=1S/C9H14F3NO/c1-8(13,9(10,11)12)7(14)6-4-2-3-5-6/h6H,2-5,13H2,1H3. The Morgan fingerprint density at radius 2 is 1.71 bits per heavy atom. The van der Waals surface area contributed by atoms with Crippen LogP contribution in [0.4, 0.5) is 13.2 Å². The lowest BCUT2D eigenvalue weighted by atomic mass is 9.86. The molecule has 1 rings (SSSR count). The van der Waals surface area contributed by atoms with Crippen molar-refractivity contribution in [3.63, 3.8) is 0 Å². The van der Waals surface area contributed by atoms with Gasteiger partial charge in [0.05, 0.1) is 0 Å². The molecule has 1 unspecified atom stereocenters. The highest BCUT2D eigenvalue weighted by atomic mass is 19.4. The van der Waals surface area contributed by atoms with E-state index in [0.29, 0.717) is 12.8 Å². The molecule has 2 nitrogen and oxygen atoms in total. The Kier molecular flexibility index (Phi) is 2.90. The maximum Gasteiger partial charge on any atom is 0.413 e. The van der Waals surface area contributed by atoms with E-state index < -0.39 is 23.4 Å². The van der Waals surface area contributed by atoms with Crippen molar-refractivity contribution in [2.45, 2.75) is 44.3 Å². The normalized spacial score (nSPS) is 23.5. The zero-order chi connectivity index (χ0) is 11.0. The van der Waals surface area contributed by atoms with Crippen molar-refractivity contribution in [2.75, 3.05) is 0 Å². The second-order valence-corrected chi connectivity index (χ2v) is 4.05. The Morgan fingerprint density at radius 3 is 2.07 bits per heavy atom. The third-order valence-electron chi connectivity index (χ3n) is 2.83. The van der Waals surface area contributed by atoms with Crippen molar-refractivity contribution < 1.29 is 18.0 Å². The number of alkyl halides is 3. The molecule has 0 radical (unpaired) electrons. The van der Waals surface area contributed by atoms with Gasteiger partial charge >= 0.3 is 6.18 Å². The second-order valence-electron chi connectivity index (χ2n) is 4.05. The molecule has 0 bridgehead atoms. The maximum atomic E-state index is 12.4. The van der Waals surface area contributed by atoms with E-state index in [9.17, 15) is 18.0 Å². The van der Waals surface area contributed by atoms with Crippen LogP contribution in [0.1, 0.15) is 32.6 Å². The molecule has 1 saturated carbocycles. The molecule has 0 amide bonds. The SMILES string of the molecule is CC(N)(C(=O)C1CCCC1)C(F)(F)F. The molecule has 0 aromatic carbocycles. The lowest BCUT2D eigenvalue weighted by molar-refractivity contribution is -0.188. The predicted molar refractivity (Wildman–Crippen MR) is 45.6 cm³/mol. The molecular formula is C9H14F3NO. The summed E-state index contributed by atoms with van der Waals surface area (Å²) in [5.74, 6) is -1.35. The van der Waals surface area contributed by atoms with Gasteiger partial charge in [-0.2, -0.15) is 13.2 Å². The minimum Gasteiger partial charge on any atom is -0.312 e. The molecule has 5 heteroatoms. The number of ketones is 1. The molecule has 1 aliphatic carbocycles. The van der Waals surface area contributed by atoms with Crippen LogP contribution in [-0.4, -0.2) is 17.5 Å². The highest BCUT2D eigenvalue weighted by Gasteiger charge is 2.55.